The zero-order valence-corrected chi connectivity index (χ0v) is 11.9. The Bertz CT molecular complexity index is 597. The van der Waals surface area contributed by atoms with Gasteiger partial charge in [0.05, 0.1) is 0 Å². The third-order valence-electron chi connectivity index (χ3n) is 3.27. The van der Waals surface area contributed by atoms with Crippen LogP contribution in [-0.4, -0.2) is 11.9 Å². The average Bonchev–Trinajstić information content (AvgIpc) is 2.82. The summed E-state index contributed by atoms with van der Waals surface area (Å²) in [5.41, 5.74) is 2.13. The van der Waals surface area contributed by atoms with Crippen LogP contribution in [0.5, 0.6) is 5.75 Å². The molecule has 2 aromatic carbocycles. The predicted molar refractivity (Wildman–Crippen MR) is 77.4 cm³/mol. The molecule has 1 unspecified atom stereocenters. The molecule has 0 saturated heterocycles. The number of ketones is 1. The molecule has 1 atom stereocenters. The van der Waals surface area contributed by atoms with Gasteiger partial charge in [0.25, 0.3) is 0 Å². The first-order chi connectivity index (χ1) is 9.22. The van der Waals surface area contributed by atoms with Crippen molar-refractivity contribution in [2.45, 2.75) is 18.9 Å². The molecule has 0 aliphatic carbocycles. The topological polar surface area (TPSA) is 26.3 Å². The van der Waals surface area contributed by atoms with Crippen molar-refractivity contribution in [3.63, 3.8) is 0 Å². The van der Waals surface area contributed by atoms with Crippen LogP contribution in [0.3, 0.4) is 0 Å². The first-order valence-corrected chi connectivity index (χ1v) is 7.03. The number of carbonyl (C=O) groups excluding carboxylic acids is 1. The van der Waals surface area contributed by atoms with Gasteiger partial charge in [0.1, 0.15) is 5.75 Å². The Morgan fingerprint density at radius 1 is 1.21 bits per heavy atom. The van der Waals surface area contributed by atoms with Crippen molar-refractivity contribution in [3.8, 4) is 5.75 Å². The maximum atomic E-state index is 12.3. The van der Waals surface area contributed by atoms with E-state index in [2.05, 4.69) is 15.9 Å². The Morgan fingerprint density at radius 3 is 2.84 bits per heavy atom. The quantitative estimate of drug-likeness (QED) is 0.865. The lowest BCUT2D eigenvalue weighted by atomic mass is 10.0. The van der Waals surface area contributed by atoms with Crippen LogP contribution in [0.1, 0.15) is 11.1 Å². The second-order valence-electron chi connectivity index (χ2n) is 4.69. The number of carbonyl (C=O) groups is 1. The molecule has 2 aromatic rings. The van der Waals surface area contributed by atoms with Crippen LogP contribution in [0.15, 0.2) is 53.0 Å². The van der Waals surface area contributed by atoms with E-state index in [1.165, 1.54) is 0 Å². The van der Waals surface area contributed by atoms with E-state index in [-0.39, 0.29) is 11.9 Å². The van der Waals surface area contributed by atoms with E-state index in [1.807, 2.05) is 48.5 Å². The normalized spacial score (nSPS) is 16.8. The van der Waals surface area contributed by atoms with Gasteiger partial charge < -0.3 is 4.74 Å². The van der Waals surface area contributed by atoms with Crippen LogP contribution in [0.25, 0.3) is 0 Å². The summed E-state index contributed by atoms with van der Waals surface area (Å²) in [5, 5.41) is 0. The number of rotatable bonds is 3. The van der Waals surface area contributed by atoms with Crippen LogP contribution in [0, 0.1) is 0 Å². The molecule has 0 N–H and O–H groups in total. The van der Waals surface area contributed by atoms with Crippen LogP contribution in [-0.2, 0) is 17.6 Å². The summed E-state index contributed by atoms with van der Waals surface area (Å²) < 4.78 is 6.70. The van der Waals surface area contributed by atoms with Crippen molar-refractivity contribution in [2.24, 2.45) is 0 Å². The van der Waals surface area contributed by atoms with E-state index in [1.54, 1.807) is 0 Å². The number of para-hydroxylation sites is 1. The van der Waals surface area contributed by atoms with Gasteiger partial charge in [-0.3, -0.25) is 4.79 Å². The number of fused-ring (bicyclic) bond motifs is 1. The average molecular weight is 317 g/mol. The molecule has 3 rings (SSSR count). The number of benzene rings is 2. The summed E-state index contributed by atoms with van der Waals surface area (Å²) in [4.78, 5) is 12.3. The predicted octanol–water partition coefficient (Wildman–Crippen LogP) is 3.56. The number of halogens is 1. The summed E-state index contributed by atoms with van der Waals surface area (Å²) in [5.74, 6) is 0.976. The molecule has 0 radical (unpaired) electrons. The molecule has 0 saturated carbocycles. The Morgan fingerprint density at radius 2 is 2.05 bits per heavy atom. The van der Waals surface area contributed by atoms with E-state index in [4.69, 9.17) is 4.74 Å². The van der Waals surface area contributed by atoms with E-state index in [9.17, 15) is 4.79 Å². The first-order valence-electron chi connectivity index (χ1n) is 6.24. The Balaban J connectivity index is 1.70. The van der Waals surface area contributed by atoms with Crippen molar-refractivity contribution in [2.75, 3.05) is 0 Å². The highest BCUT2D eigenvalue weighted by Gasteiger charge is 2.28. The van der Waals surface area contributed by atoms with Gasteiger partial charge in [0.15, 0.2) is 11.9 Å². The molecule has 19 heavy (non-hydrogen) atoms. The lowest BCUT2D eigenvalue weighted by molar-refractivity contribution is -0.124. The molecule has 0 fully saturated rings. The van der Waals surface area contributed by atoms with E-state index in [0.717, 1.165) is 21.3 Å². The van der Waals surface area contributed by atoms with Gasteiger partial charge in [-0.1, -0.05) is 46.3 Å². The molecule has 1 aliphatic heterocycles. The highest BCUT2D eigenvalue weighted by Crippen LogP contribution is 2.29. The maximum Gasteiger partial charge on any atom is 0.177 e. The van der Waals surface area contributed by atoms with Crippen LogP contribution >= 0.6 is 15.9 Å². The largest absolute Gasteiger partial charge is 0.482 e. The zero-order chi connectivity index (χ0) is 13.2. The third kappa shape index (κ3) is 2.71. The molecule has 3 heteroatoms. The van der Waals surface area contributed by atoms with E-state index in [0.29, 0.717) is 12.8 Å². The minimum atomic E-state index is -0.337. The number of Topliss-reactive ketones (excluding diaryl/α,β-unsaturated/α-hetero) is 1. The van der Waals surface area contributed by atoms with Crippen molar-refractivity contribution < 1.29 is 9.53 Å². The molecule has 0 amide bonds. The van der Waals surface area contributed by atoms with E-state index < -0.39 is 0 Å². The minimum absolute atomic E-state index is 0.134. The fourth-order valence-electron chi connectivity index (χ4n) is 2.32. The molecule has 1 aliphatic rings. The minimum Gasteiger partial charge on any atom is -0.482 e. The summed E-state index contributed by atoms with van der Waals surface area (Å²) in [6.45, 7) is 0. The number of hydrogen-bond donors (Lipinski definition) is 0. The summed E-state index contributed by atoms with van der Waals surface area (Å²) >= 11 is 3.42. The standard InChI is InChI=1S/C16H13BrO2/c17-13-6-3-4-11(8-13)9-14(18)16-10-12-5-1-2-7-15(12)19-16/h1-8,16H,9-10H2. The molecule has 1 heterocycles. The molecular formula is C16H13BrO2. The van der Waals surface area contributed by atoms with Gasteiger partial charge in [-0.15, -0.1) is 0 Å². The third-order valence-corrected chi connectivity index (χ3v) is 3.77. The second-order valence-corrected chi connectivity index (χ2v) is 5.61. The smallest absolute Gasteiger partial charge is 0.177 e. The highest BCUT2D eigenvalue weighted by molar-refractivity contribution is 9.10. The summed E-state index contributed by atoms with van der Waals surface area (Å²) in [6, 6.07) is 15.7. The fraction of sp³-hybridized carbons (Fsp3) is 0.188. The zero-order valence-electron chi connectivity index (χ0n) is 10.3. The van der Waals surface area contributed by atoms with Crippen molar-refractivity contribution in [1.82, 2.24) is 0 Å². The Hall–Kier alpha value is -1.61. The van der Waals surface area contributed by atoms with Gasteiger partial charge in [0, 0.05) is 17.3 Å². The van der Waals surface area contributed by atoms with Gasteiger partial charge in [-0.25, -0.2) is 0 Å². The van der Waals surface area contributed by atoms with Gasteiger partial charge in [-0.2, -0.15) is 0 Å². The second kappa shape index (κ2) is 5.17. The lowest BCUT2D eigenvalue weighted by Gasteiger charge is -2.09. The molecular weight excluding hydrogens is 304 g/mol. The van der Waals surface area contributed by atoms with Gasteiger partial charge >= 0.3 is 0 Å². The lowest BCUT2D eigenvalue weighted by Crippen LogP contribution is -2.26. The van der Waals surface area contributed by atoms with Crippen LogP contribution in [0.2, 0.25) is 0 Å². The number of hydrogen-bond acceptors (Lipinski definition) is 2. The molecule has 2 nitrogen and oxygen atoms in total. The van der Waals surface area contributed by atoms with Crippen molar-refractivity contribution in [1.29, 1.82) is 0 Å². The molecule has 96 valence electrons. The summed E-state index contributed by atoms with van der Waals surface area (Å²) in [7, 11) is 0. The van der Waals surface area contributed by atoms with Crippen LogP contribution < -0.4 is 4.74 Å². The molecule has 0 aromatic heterocycles. The van der Waals surface area contributed by atoms with Crippen LogP contribution in [0.4, 0.5) is 0 Å². The van der Waals surface area contributed by atoms with Crippen molar-refractivity contribution in [3.05, 3.63) is 64.1 Å². The van der Waals surface area contributed by atoms with Gasteiger partial charge in [0.2, 0.25) is 0 Å². The first kappa shape index (κ1) is 12.4. The molecule has 0 spiro atoms. The number of ether oxygens (including phenoxy) is 1. The maximum absolute atomic E-state index is 12.3. The van der Waals surface area contributed by atoms with Gasteiger partial charge in [-0.05, 0) is 29.3 Å². The van der Waals surface area contributed by atoms with Crippen molar-refractivity contribution >= 4 is 21.7 Å². The Labute approximate surface area is 120 Å². The van der Waals surface area contributed by atoms with E-state index >= 15 is 0 Å². The summed E-state index contributed by atoms with van der Waals surface area (Å²) in [6.07, 6.45) is 0.762. The fourth-order valence-corrected chi connectivity index (χ4v) is 2.77. The molecule has 0 bridgehead atoms. The highest BCUT2D eigenvalue weighted by atomic mass is 79.9. The monoisotopic (exact) mass is 316 g/mol. The Kier molecular flexibility index (Phi) is 3.38. The SMILES string of the molecule is O=C(Cc1cccc(Br)c1)C1Cc2ccccc2O1.